The van der Waals surface area contributed by atoms with E-state index in [4.69, 9.17) is 4.74 Å². The number of aromatic amines is 1. The maximum Gasteiger partial charge on any atom is 0.422 e. The van der Waals surface area contributed by atoms with E-state index in [0.29, 0.717) is 42.8 Å². The second-order valence-electron chi connectivity index (χ2n) is 7.81. The molecule has 1 aliphatic rings. The molecule has 2 N–H and O–H groups in total. The number of H-pyrrole nitrogens is 1. The number of sulfonamides is 1. The average Bonchev–Trinajstić information content (AvgIpc) is 3.34. The number of carbonyl (C=O) groups is 2. The first-order chi connectivity index (χ1) is 15.3. The Balaban J connectivity index is 1.99. The van der Waals surface area contributed by atoms with E-state index in [-0.39, 0.29) is 27.8 Å². The van der Waals surface area contributed by atoms with Crippen molar-refractivity contribution in [2.24, 2.45) is 0 Å². The van der Waals surface area contributed by atoms with Crippen LogP contribution in [0.2, 0.25) is 0 Å². The SMILES string of the molecule is CC(=O)c1c(C)[nH]c(C(=O)Nc2cc(S(=O)(=O)N3CCCC3)ccc2OCC(F)(F)F)c1C. The van der Waals surface area contributed by atoms with E-state index in [1.54, 1.807) is 13.8 Å². The van der Waals surface area contributed by atoms with Gasteiger partial charge in [0.15, 0.2) is 12.4 Å². The van der Waals surface area contributed by atoms with Crippen LogP contribution in [0.15, 0.2) is 23.1 Å². The number of ether oxygens (including phenoxy) is 1. The number of alkyl halides is 3. The van der Waals surface area contributed by atoms with Crippen molar-refractivity contribution in [2.45, 2.75) is 44.7 Å². The van der Waals surface area contributed by atoms with Gasteiger partial charge < -0.3 is 15.0 Å². The van der Waals surface area contributed by atoms with Crippen molar-refractivity contribution in [3.05, 3.63) is 40.7 Å². The summed E-state index contributed by atoms with van der Waals surface area (Å²) in [6, 6.07) is 3.30. The molecule has 0 saturated carbocycles. The van der Waals surface area contributed by atoms with Crippen LogP contribution >= 0.6 is 0 Å². The van der Waals surface area contributed by atoms with Gasteiger partial charge in [-0.25, -0.2) is 8.42 Å². The molecular formula is C21H24F3N3O5S. The first kappa shape index (κ1) is 24.8. The van der Waals surface area contributed by atoms with Gasteiger partial charge in [-0.1, -0.05) is 0 Å². The number of hydrogen-bond donors (Lipinski definition) is 2. The summed E-state index contributed by atoms with van der Waals surface area (Å²) in [5, 5.41) is 2.43. The third-order valence-electron chi connectivity index (χ3n) is 5.31. The molecule has 0 radical (unpaired) electrons. The summed E-state index contributed by atoms with van der Waals surface area (Å²) in [6.45, 7) is 3.58. The lowest BCUT2D eigenvalue weighted by atomic mass is 10.1. The lowest BCUT2D eigenvalue weighted by Crippen LogP contribution is -2.28. The zero-order valence-electron chi connectivity index (χ0n) is 18.3. The Bertz CT molecular complexity index is 1180. The van der Waals surface area contributed by atoms with E-state index in [9.17, 15) is 31.2 Å². The number of anilines is 1. The van der Waals surface area contributed by atoms with Gasteiger partial charge in [0.2, 0.25) is 10.0 Å². The fraction of sp³-hybridized carbons (Fsp3) is 0.429. The summed E-state index contributed by atoms with van der Waals surface area (Å²) < 4.78 is 70.0. The predicted octanol–water partition coefficient (Wildman–Crippen LogP) is 3.81. The highest BCUT2D eigenvalue weighted by molar-refractivity contribution is 7.89. The Morgan fingerprint density at radius 2 is 1.82 bits per heavy atom. The third kappa shape index (κ3) is 5.38. The number of hydrogen-bond acceptors (Lipinski definition) is 5. The van der Waals surface area contributed by atoms with E-state index >= 15 is 0 Å². The zero-order chi connectivity index (χ0) is 24.6. The highest BCUT2D eigenvalue weighted by Crippen LogP contribution is 2.32. The van der Waals surface area contributed by atoms with Crippen LogP contribution in [0.25, 0.3) is 0 Å². The van der Waals surface area contributed by atoms with E-state index in [1.165, 1.54) is 11.2 Å². The Hall–Kier alpha value is -2.86. The number of benzene rings is 1. The number of nitrogens with one attached hydrogen (secondary N) is 2. The van der Waals surface area contributed by atoms with Crippen LogP contribution in [0.3, 0.4) is 0 Å². The van der Waals surface area contributed by atoms with Gasteiger partial charge in [0.25, 0.3) is 5.91 Å². The molecule has 0 bridgehead atoms. The summed E-state index contributed by atoms with van der Waals surface area (Å²) in [5.74, 6) is -1.35. The molecule has 1 amide bonds. The number of aromatic nitrogens is 1. The zero-order valence-corrected chi connectivity index (χ0v) is 19.1. The second-order valence-corrected chi connectivity index (χ2v) is 9.75. The van der Waals surface area contributed by atoms with Gasteiger partial charge in [-0.2, -0.15) is 17.5 Å². The van der Waals surface area contributed by atoms with Crippen LogP contribution in [0.1, 0.15) is 51.9 Å². The minimum absolute atomic E-state index is 0.0345. The number of halogens is 3. The molecule has 180 valence electrons. The maximum atomic E-state index is 12.9. The average molecular weight is 488 g/mol. The first-order valence-electron chi connectivity index (χ1n) is 10.2. The molecule has 1 aromatic carbocycles. The van der Waals surface area contributed by atoms with Gasteiger partial charge in [0.05, 0.1) is 10.6 Å². The van der Waals surface area contributed by atoms with Crippen LogP contribution in [0.5, 0.6) is 5.75 Å². The monoisotopic (exact) mass is 487 g/mol. The molecule has 12 heteroatoms. The molecule has 0 unspecified atom stereocenters. The molecule has 0 atom stereocenters. The molecule has 1 saturated heterocycles. The van der Waals surface area contributed by atoms with Gasteiger partial charge >= 0.3 is 6.18 Å². The van der Waals surface area contributed by atoms with Crippen LogP contribution in [0.4, 0.5) is 18.9 Å². The molecular weight excluding hydrogens is 463 g/mol. The number of nitrogens with zero attached hydrogens (tertiary/aromatic N) is 1. The highest BCUT2D eigenvalue weighted by atomic mass is 32.2. The molecule has 8 nitrogen and oxygen atoms in total. The quantitative estimate of drug-likeness (QED) is 0.578. The minimum atomic E-state index is -4.63. The van der Waals surface area contributed by atoms with Crippen molar-refractivity contribution < 1.29 is 35.9 Å². The molecule has 0 spiro atoms. The molecule has 3 rings (SSSR count). The summed E-state index contributed by atoms with van der Waals surface area (Å²) in [6.07, 6.45) is -3.22. The maximum absolute atomic E-state index is 12.9. The molecule has 2 heterocycles. The number of ketones is 1. The Morgan fingerprint density at radius 3 is 2.36 bits per heavy atom. The second kappa shape index (κ2) is 9.18. The number of amides is 1. The minimum Gasteiger partial charge on any atom is -0.482 e. The lowest BCUT2D eigenvalue weighted by Gasteiger charge is -2.18. The summed E-state index contributed by atoms with van der Waals surface area (Å²) in [4.78, 5) is 27.4. The van der Waals surface area contributed by atoms with Crippen LogP contribution < -0.4 is 10.1 Å². The predicted molar refractivity (Wildman–Crippen MR) is 114 cm³/mol. The Labute approximate surface area is 189 Å². The highest BCUT2D eigenvalue weighted by Gasteiger charge is 2.31. The molecule has 1 aliphatic heterocycles. The van der Waals surface area contributed by atoms with Crippen LogP contribution in [0, 0.1) is 13.8 Å². The summed E-state index contributed by atoms with van der Waals surface area (Å²) >= 11 is 0. The van der Waals surface area contributed by atoms with E-state index in [0.717, 1.165) is 18.2 Å². The van der Waals surface area contributed by atoms with E-state index in [2.05, 4.69) is 10.3 Å². The van der Waals surface area contributed by atoms with Crippen molar-refractivity contribution in [3.63, 3.8) is 0 Å². The van der Waals surface area contributed by atoms with Gasteiger partial charge in [0.1, 0.15) is 11.4 Å². The fourth-order valence-corrected chi connectivity index (χ4v) is 5.36. The van der Waals surface area contributed by atoms with Crippen molar-refractivity contribution in [1.29, 1.82) is 0 Å². The van der Waals surface area contributed by atoms with Gasteiger partial charge in [-0.15, -0.1) is 0 Å². The van der Waals surface area contributed by atoms with Crippen molar-refractivity contribution in [3.8, 4) is 5.75 Å². The summed E-state index contributed by atoms with van der Waals surface area (Å²) in [7, 11) is -3.89. The first-order valence-corrected chi connectivity index (χ1v) is 11.6. The fourth-order valence-electron chi connectivity index (χ4n) is 3.82. The standard InChI is InChI=1S/C21H24F3N3O5S/c1-12-18(14(3)28)13(2)25-19(12)20(29)26-16-10-15(33(30,31)27-8-4-5-9-27)6-7-17(16)32-11-21(22,23)24/h6-7,10,25H,4-5,8-9,11H2,1-3H3,(H,26,29). The molecule has 1 aromatic heterocycles. The van der Waals surface area contributed by atoms with Crippen LogP contribution in [-0.4, -0.2) is 55.3 Å². The largest absolute Gasteiger partial charge is 0.482 e. The molecule has 1 fully saturated rings. The molecule has 2 aromatic rings. The smallest absolute Gasteiger partial charge is 0.422 e. The number of aryl methyl sites for hydroxylation is 1. The van der Waals surface area contributed by atoms with Gasteiger partial charge in [-0.05, 0) is 57.4 Å². The van der Waals surface area contributed by atoms with E-state index in [1.807, 2.05) is 0 Å². The van der Waals surface area contributed by atoms with E-state index < -0.39 is 28.7 Å². The Kier molecular flexibility index (Phi) is 6.89. The van der Waals surface area contributed by atoms with Crippen LogP contribution in [-0.2, 0) is 10.0 Å². The number of carbonyl (C=O) groups excluding carboxylic acids is 2. The lowest BCUT2D eigenvalue weighted by molar-refractivity contribution is -0.153. The molecule has 33 heavy (non-hydrogen) atoms. The molecule has 0 aliphatic carbocycles. The number of rotatable bonds is 7. The van der Waals surface area contributed by atoms with Crippen molar-refractivity contribution in [1.82, 2.24) is 9.29 Å². The normalized spacial score (nSPS) is 15.0. The van der Waals surface area contributed by atoms with Gasteiger partial charge in [0, 0.05) is 24.3 Å². The third-order valence-corrected chi connectivity index (χ3v) is 7.20. The number of Topliss-reactive ketones (excluding diaryl/α,β-unsaturated/α-hetero) is 1. The Morgan fingerprint density at radius 1 is 1.18 bits per heavy atom. The van der Waals surface area contributed by atoms with Crippen molar-refractivity contribution in [2.75, 3.05) is 25.0 Å². The summed E-state index contributed by atoms with van der Waals surface area (Å²) in [5.41, 5.74) is 0.965. The van der Waals surface area contributed by atoms with Crippen molar-refractivity contribution >= 4 is 27.4 Å². The van der Waals surface area contributed by atoms with Gasteiger partial charge in [-0.3, -0.25) is 9.59 Å². The topological polar surface area (TPSA) is 109 Å².